The second kappa shape index (κ2) is 5.94. The van der Waals surface area contributed by atoms with Crippen LogP contribution in [-0.2, 0) is 0 Å². The fraction of sp³-hybridized carbons (Fsp3) is 0.333. The van der Waals surface area contributed by atoms with Gasteiger partial charge in [-0.15, -0.1) is 12.1 Å². The third-order valence-electron chi connectivity index (χ3n) is 0.490. The van der Waals surface area contributed by atoms with Crippen LogP contribution in [-0.4, -0.2) is 13.5 Å². The zero-order valence-electron chi connectivity index (χ0n) is 5.15. The Morgan fingerprint density at radius 3 is 1.89 bits per heavy atom. The van der Waals surface area contributed by atoms with E-state index in [9.17, 15) is 12.9 Å². The molecule has 0 bridgehead atoms. The molecule has 0 spiro atoms. The van der Waals surface area contributed by atoms with Gasteiger partial charge in [0.25, 0.3) is 0 Å². The van der Waals surface area contributed by atoms with Crippen molar-refractivity contribution < 1.29 is 64.3 Å². The molecule has 0 amide bonds. The minimum atomic E-state index is -4.76. The van der Waals surface area contributed by atoms with E-state index in [1.54, 1.807) is 0 Å². The van der Waals surface area contributed by atoms with Crippen molar-refractivity contribution in [1.82, 2.24) is 0 Å². The summed E-state index contributed by atoms with van der Waals surface area (Å²) in [5.41, 5.74) is 4.76. The first kappa shape index (κ1) is 12.8. The van der Waals surface area contributed by atoms with E-state index in [4.69, 9.17) is 5.73 Å². The van der Waals surface area contributed by atoms with Gasteiger partial charge in [0.05, 0.1) is 0 Å². The Morgan fingerprint density at radius 2 is 1.78 bits per heavy atom. The molecular formula is C3H6BF3KN. The van der Waals surface area contributed by atoms with Crippen molar-refractivity contribution in [1.29, 1.82) is 0 Å². The second-order valence-corrected chi connectivity index (χ2v) is 1.29. The van der Waals surface area contributed by atoms with Crippen LogP contribution in [0.1, 0.15) is 0 Å². The Bertz CT molecular complexity index is 91.5. The van der Waals surface area contributed by atoms with Gasteiger partial charge in [-0.3, -0.25) is 0 Å². The molecule has 0 saturated carbocycles. The Kier molecular flexibility index (Phi) is 8.47. The summed E-state index contributed by atoms with van der Waals surface area (Å²) in [5, 5.41) is 0. The van der Waals surface area contributed by atoms with Crippen LogP contribution >= 0.6 is 0 Å². The summed E-state index contributed by atoms with van der Waals surface area (Å²) in [6.45, 7) is -4.82. The number of hydrogen-bond donors (Lipinski definition) is 1. The average Bonchev–Trinajstić information content (AvgIpc) is 1.59. The van der Waals surface area contributed by atoms with Crippen LogP contribution in [0.5, 0.6) is 0 Å². The summed E-state index contributed by atoms with van der Waals surface area (Å²) in [6.07, 6.45) is 0.889. The third kappa shape index (κ3) is 12.4. The van der Waals surface area contributed by atoms with Crippen molar-refractivity contribution in [3.8, 4) is 0 Å². The summed E-state index contributed by atoms with van der Waals surface area (Å²) in [5.74, 6) is 0.181. The molecule has 0 unspecified atom stereocenters. The van der Waals surface area contributed by atoms with Crippen molar-refractivity contribution in [2.24, 2.45) is 5.73 Å². The third-order valence-corrected chi connectivity index (χ3v) is 0.490. The maximum atomic E-state index is 11.2. The first-order valence-electron chi connectivity index (χ1n) is 2.14. The molecule has 9 heavy (non-hydrogen) atoms. The summed E-state index contributed by atoms with van der Waals surface area (Å²) in [7, 11) is 0. The fourth-order valence-electron chi connectivity index (χ4n) is 0.233. The van der Waals surface area contributed by atoms with Gasteiger partial charge in [0.15, 0.2) is 0 Å². The minimum absolute atomic E-state index is 0. The molecule has 0 atom stereocenters. The van der Waals surface area contributed by atoms with Crippen LogP contribution < -0.4 is 57.1 Å². The van der Waals surface area contributed by atoms with Gasteiger partial charge in [-0.2, -0.15) is 0 Å². The molecule has 0 aliphatic carbocycles. The second-order valence-electron chi connectivity index (χ2n) is 1.29. The molecule has 0 radical (unpaired) electrons. The van der Waals surface area contributed by atoms with Crippen LogP contribution in [0.3, 0.4) is 0 Å². The molecule has 0 aromatic heterocycles. The van der Waals surface area contributed by atoms with Gasteiger partial charge >= 0.3 is 58.4 Å². The predicted octanol–water partition coefficient (Wildman–Crippen LogP) is -2.11. The molecule has 0 rings (SSSR count). The van der Waals surface area contributed by atoms with Crippen molar-refractivity contribution >= 4 is 6.98 Å². The van der Waals surface area contributed by atoms with Crippen LogP contribution in [0.15, 0.2) is 12.1 Å². The predicted molar refractivity (Wildman–Crippen MR) is 27.3 cm³/mol. The first-order chi connectivity index (χ1) is 3.56. The van der Waals surface area contributed by atoms with E-state index in [-0.39, 0.29) is 63.9 Å². The molecule has 0 aliphatic heterocycles. The molecule has 0 saturated heterocycles. The summed E-state index contributed by atoms with van der Waals surface area (Å²) in [4.78, 5) is 0. The quantitative estimate of drug-likeness (QED) is 0.463. The maximum Gasteiger partial charge on any atom is 1.00 e. The molecule has 0 aromatic carbocycles. The zero-order valence-corrected chi connectivity index (χ0v) is 8.27. The largest absolute Gasteiger partial charge is 1.00 e. The topological polar surface area (TPSA) is 26.0 Å². The molecular weight excluding hydrogens is 157 g/mol. The van der Waals surface area contributed by atoms with Gasteiger partial charge in [-0.05, 0) is 0 Å². The normalized spacial score (nSPS) is 11.6. The Balaban J connectivity index is 0. The van der Waals surface area contributed by atoms with E-state index in [1.165, 1.54) is 0 Å². The summed E-state index contributed by atoms with van der Waals surface area (Å²) >= 11 is 0. The summed E-state index contributed by atoms with van der Waals surface area (Å²) < 4.78 is 33.5. The SMILES string of the molecule is NC/C=C/[B-](F)(F)F.[K+]. The molecule has 48 valence electrons. The van der Waals surface area contributed by atoms with Gasteiger partial charge in [-0.25, -0.2) is 0 Å². The van der Waals surface area contributed by atoms with Crippen molar-refractivity contribution in [3.05, 3.63) is 12.1 Å². The number of rotatable bonds is 2. The number of halogens is 3. The van der Waals surface area contributed by atoms with Crippen molar-refractivity contribution in [3.63, 3.8) is 0 Å². The Morgan fingerprint density at radius 1 is 1.33 bits per heavy atom. The van der Waals surface area contributed by atoms with Gasteiger partial charge in [0.1, 0.15) is 0 Å². The Labute approximate surface area is 94.3 Å². The standard InChI is InChI=1S/C3H6BF3N.K/c5-4(6,7)2-1-3-8;/h1-2H,3,8H2;/q-1;+1/b2-1+;. The van der Waals surface area contributed by atoms with Crippen LogP contribution in [0, 0.1) is 0 Å². The van der Waals surface area contributed by atoms with Crippen molar-refractivity contribution in [2.45, 2.75) is 0 Å². The molecule has 2 N–H and O–H groups in total. The van der Waals surface area contributed by atoms with Crippen LogP contribution in [0.25, 0.3) is 0 Å². The van der Waals surface area contributed by atoms with E-state index >= 15 is 0 Å². The maximum absolute atomic E-state index is 11.2. The number of nitrogens with two attached hydrogens (primary N) is 1. The van der Waals surface area contributed by atoms with Crippen LogP contribution in [0.2, 0.25) is 0 Å². The smallest absolute Gasteiger partial charge is 0.445 e. The van der Waals surface area contributed by atoms with Crippen LogP contribution in [0.4, 0.5) is 12.9 Å². The Hall–Kier alpha value is 1.19. The molecule has 0 fully saturated rings. The van der Waals surface area contributed by atoms with E-state index in [0.29, 0.717) is 0 Å². The van der Waals surface area contributed by atoms with Gasteiger partial charge in [-0.1, -0.05) is 0 Å². The van der Waals surface area contributed by atoms with E-state index in [2.05, 4.69) is 0 Å². The number of hydrogen-bond acceptors (Lipinski definition) is 1. The van der Waals surface area contributed by atoms with E-state index in [1.807, 2.05) is 0 Å². The fourth-order valence-corrected chi connectivity index (χ4v) is 0.233. The minimum Gasteiger partial charge on any atom is -0.445 e. The average molecular weight is 163 g/mol. The molecule has 0 heterocycles. The van der Waals surface area contributed by atoms with Gasteiger partial charge < -0.3 is 18.7 Å². The zero-order chi connectivity index (χ0) is 6.62. The molecule has 6 heteroatoms. The van der Waals surface area contributed by atoms with Crippen molar-refractivity contribution in [2.75, 3.05) is 6.54 Å². The van der Waals surface area contributed by atoms with Gasteiger partial charge in [0.2, 0.25) is 0 Å². The summed E-state index contributed by atoms with van der Waals surface area (Å²) in [6, 6.07) is 0. The molecule has 0 aromatic rings. The first-order valence-corrected chi connectivity index (χ1v) is 2.14. The van der Waals surface area contributed by atoms with Gasteiger partial charge in [0, 0.05) is 6.54 Å². The monoisotopic (exact) mass is 163 g/mol. The molecule has 0 aliphatic rings. The molecule has 1 nitrogen and oxygen atoms in total. The van der Waals surface area contributed by atoms with E-state index in [0.717, 1.165) is 6.08 Å². The van der Waals surface area contributed by atoms with E-state index < -0.39 is 6.98 Å².